The Bertz CT molecular complexity index is 1910. The molecule has 1 fully saturated rings. The molecular formula is C27H24F2N6O4S2. The van der Waals surface area contributed by atoms with Gasteiger partial charge in [0.1, 0.15) is 11.6 Å². The molecule has 0 spiro atoms. The Hall–Kier alpha value is -4.01. The fraction of sp³-hybridized carbons (Fsp3) is 0.259. The van der Waals surface area contributed by atoms with Crippen LogP contribution in [0.25, 0.3) is 27.3 Å². The molecule has 1 aliphatic rings. The number of aromatic nitrogens is 4. The van der Waals surface area contributed by atoms with Crippen molar-refractivity contribution in [3.8, 4) is 16.3 Å². The maximum absolute atomic E-state index is 14.3. The number of rotatable bonds is 6. The highest BCUT2D eigenvalue weighted by Crippen LogP contribution is 2.40. The molecule has 1 N–H and O–H groups in total. The number of sulfonamides is 1. The van der Waals surface area contributed by atoms with Gasteiger partial charge in [0, 0.05) is 23.7 Å². The zero-order chi connectivity index (χ0) is 29.1. The zero-order valence-corrected chi connectivity index (χ0v) is 23.8. The lowest BCUT2D eigenvalue weighted by Gasteiger charge is -2.35. The smallest absolute Gasteiger partial charge is 0.251 e. The van der Waals surface area contributed by atoms with Crippen molar-refractivity contribution >= 4 is 44.0 Å². The molecule has 10 nitrogen and oxygen atoms in total. The number of piperidine rings is 1. The van der Waals surface area contributed by atoms with E-state index in [0.717, 1.165) is 34.6 Å². The van der Waals surface area contributed by atoms with Gasteiger partial charge in [0.05, 0.1) is 29.0 Å². The van der Waals surface area contributed by atoms with Gasteiger partial charge in [0.15, 0.2) is 21.0 Å². The van der Waals surface area contributed by atoms with E-state index < -0.39 is 27.7 Å². The number of thiazole rings is 1. The number of carbonyl (C=O) groups excluding carboxylic acids is 1. The van der Waals surface area contributed by atoms with Crippen LogP contribution in [0.3, 0.4) is 0 Å². The quantitative estimate of drug-likeness (QED) is 0.285. The highest BCUT2D eigenvalue weighted by molar-refractivity contribution is 7.91. The molecule has 1 amide bonds. The Labute approximate surface area is 237 Å². The van der Waals surface area contributed by atoms with Crippen molar-refractivity contribution in [1.82, 2.24) is 24.4 Å². The summed E-state index contributed by atoms with van der Waals surface area (Å²) >= 11 is 0.948. The van der Waals surface area contributed by atoms with Crippen LogP contribution in [0.15, 0.2) is 51.3 Å². The van der Waals surface area contributed by atoms with Gasteiger partial charge in [0.2, 0.25) is 5.91 Å². The monoisotopic (exact) mass is 598 g/mol. The molecule has 0 saturated carbocycles. The molecule has 5 aromatic rings. The summed E-state index contributed by atoms with van der Waals surface area (Å²) in [5.41, 5.74) is 3.75. The van der Waals surface area contributed by atoms with Crippen LogP contribution in [0.4, 0.5) is 14.5 Å². The second-order valence-electron chi connectivity index (χ2n) is 9.65. The summed E-state index contributed by atoms with van der Waals surface area (Å²) in [6, 6.07) is 8.27. The second-order valence-corrected chi connectivity index (χ2v) is 12.8. The number of imidazole rings is 1. The molecule has 1 aliphatic heterocycles. The lowest BCUT2D eigenvalue weighted by atomic mass is 9.99. The molecule has 0 radical (unpaired) electrons. The molecule has 3 aromatic heterocycles. The normalized spacial score (nSPS) is 16.2. The molecule has 0 unspecified atom stereocenters. The minimum atomic E-state index is -3.76. The molecule has 14 heteroatoms. The maximum atomic E-state index is 14.3. The van der Waals surface area contributed by atoms with Gasteiger partial charge in [-0.2, -0.15) is 0 Å². The minimum absolute atomic E-state index is 0.00678. The average Bonchev–Trinajstić information content (AvgIpc) is 3.67. The molecule has 0 bridgehead atoms. The molecule has 41 heavy (non-hydrogen) atoms. The van der Waals surface area contributed by atoms with Gasteiger partial charge < -0.3 is 9.42 Å². The van der Waals surface area contributed by atoms with E-state index in [0.29, 0.717) is 46.3 Å². The molecule has 4 heterocycles. The summed E-state index contributed by atoms with van der Waals surface area (Å²) in [5, 5.41) is 4.37. The van der Waals surface area contributed by atoms with Crippen molar-refractivity contribution in [2.75, 3.05) is 11.9 Å². The van der Waals surface area contributed by atoms with Crippen molar-refractivity contribution in [3.05, 3.63) is 71.5 Å². The number of amides is 1. The van der Waals surface area contributed by atoms with E-state index in [1.165, 1.54) is 24.2 Å². The van der Waals surface area contributed by atoms with Crippen LogP contribution < -0.4 is 9.62 Å². The number of aryl methyl sites for hydroxylation is 2. The zero-order valence-electron chi connectivity index (χ0n) is 22.2. The highest BCUT2D eigenvalue weighted by Gasteiger charge is 2.35. The first kappa shape index (κ1) is 27.2. The second kappa shape index (κ2) is 10.1. The third kappa shape index (κ3) is 4.61. The van der Waals surface area contributed by atoms with Gasteiger partial charge in [0.25, 0.3) is 10.0 Å². The standard InChI is InChI=1S/C27H24F2N6O4S2/c1-14-25(15(2)39-33-14)16-7-10-21-20(11-16)32-26(35(21)27-31-13-24(40-27)41(37,38)30-3)22-5-4-6-23(36)34(22)17-8-9-18(28)19(29)12-17/h7-13,22,30H,4-6H2,1-3H3/t22-/m0/s1. The van der Waals surface area contributed by atoms with Crippen molar-refractivity contribution in [2.24, 2.45) is 0 Å². The molecule has 1 atom stereocenters. The van der Waals surface area contributed by atoms with E-state index >= 15 is 0 Å². The lowest BCUT2D eigenvalue weighted by molar-refractivity contribution is -0.120. The van der Waals surface area contributed by atoms with Gasteiger partial charge in [-0.1, -0.05) is 22.6 Å². The van der Waals surface area contributed by atoms with E-state index in [1.54, 1.807) is 4.57 Å². The number of anilines is 1. The van der Waals surface area contributed by atoms with Gasteiger partial charge in [-0.25, -0.2) is 31.9 Å². The average molecular weight is 599 g/mol. The first-order chi connectivity index (χ1) is 19.6. The van der Waals surface area contributed by atoms with Crippen LogP contribution >= 0.6 is 11.3 Å². The summed E-state index contributed by atoms with van der Waals surface area (Å²) in [5.74, 6) is -1.30. The largest absolute Gasteiger partial charge is 0.361 e. The number of nitrogens with zero attached hydrogens (tertiary/aromatic N) is 5. The maximum Gasteiger partial charge on any atom is 0.251 e. The van der Waals surface area contributed by atoms with Crippen LogP contribution in [0.5, 0.6) is 0 Å². The van der Waals surface area contributed by atoms with Crippen molar-refractivity contribution in [3.63, 3.8) is 0 Å². The first-order valence-corrected chi connectivity index (χ1v) is 15.0. The van der Waals surface area contributed by atoms with E-state index in [-0.39, 0.29) is 22.2 Å². The topological polar surface area (TPSA) is 123 Å². The molecule has 1 saturated heterocycles. The summed E-state index contributed by atoms with van der Waals surface area (Å²) in [6.45, 7) is 3.66. The Morgan fingerprint density at radius 2 is 1.93 bits per heavy atom. The Morgan fingerprint density at radius 3 is 2.63 bits per heavy atom. The Balaban J connectivity index is 1.58. The van der Waals surface area contributed by atoms with Crippen LogP contribution in [-0.2, 0) is 14.8 Å². The van der Waals surface area contributed by atoms with Crippen LogP contribution in [0, 0.1) is 25.5 Å². The van der Waals surface area contributed by atoms with Crippen LogP contribution in [0.2, 0.25) is 0 Å². The summed E-state index contributed by atoms with van der Waals surface area (Å²) in [4.78, 5) is 24.0. The summed E-state index contributed by atoms with van der Waals surface area (Å²) in [6.07, 6.45) is 2.53. The number of hydrogen-bond donors (Lipinski definition) is 1. The lowest BCUT2D eigenvalue weighted by Crippen LogP contribution is -2.39. The first-order valence-electron chi connectivity index (χ1n) is 12.7. The van der Waals surface area contributed by atoms with Gasteiger partial charge in [-0.15, -0.1) is 0 Å². The van der Waals surface area contributed by atoms with Crippen LogP contribution in [0.1, 0.15) is 42.6 Å². The van der Waals surface area contributed by atoms with Gasteiger partial charge >= 0.3 is 0 Å². The third-order valence-electron chi connectivity index (χ3n) is 7.13. The number of hydrogen-bond acceptors (Lipinski definition) is 8. The third-order valence-corrected chi connectivity index (χ3v) is 9.99. The van der Waals surface area contributed by atoms with Gasteiger partial charge in [-0.3, -0.25) is 9.36 Å². The SMILES string of the molecule is CNS(=O)(=O)c1cnc(-n2c([C@@H]3CCCC(=O)N3c3ccc(F)c(F)c3)nc3cc(-c4c(C)noc4C)ccc32)s1. The number of nitrogens with one attached hydrogen (secondary N) is 1. The minimum Gasteiger partial charge on any atom is -0.361 e. The molecular weight excluding hydrogens is 574 g/mol. The predicted octanol–water partition coefficient (Wildman–Crippen LogP) is 5.20. The number of carbonyl (C=O) groups is 1. The van der Waals surface area contributed by atoms with E-state index in [9.17, 15) is 22.0 Å². The van der Waals surface area contributed by atoms with E-state index in [1.807, 2.05) is 32.0 Å². The summed E-state index contributed by atoms with van der Waals surface area (Å²) < 4.78 is 62.5. The van der Waals surface area contributed by atoms with E-state index in [2.05, 4.69) is 14.9 Å². The van der Waals surface area contributed by atoms with Crippen molar-refractivity contribution < 1.29 is 26.5 Å². The Morgan fingerprint density at radius 1 is 1.12 bits per heavy atom. The fourth-order valence-electron chi connectivity index (χ4n) is 5.23. The van der Waals surface area contributed by atoms with E-state index in [4.69, 9.17) is 9.51 Å². The number of benzene rings is 2. The molecule has 2 aromatic carbocycles. The molecule has 0 aliphatic carbocycles. The Kier molecular flexibility index (Phi) is 6.71. The van der Waals surface area contributed by atoms with Crippen LogP contribution in [-0.4, -0.2) is 41.1 Å². The highest BCUT2D eigenvalue weighted by atomic mass is 32.2. The number of fused-ring (bicyclic) bond motifs is 1. The van der Waals surface area contributed by atoms with Crippen molar-refractivity contribution in [1.29, 1.82) is 0 Å². The molecule has 6 rings (SSSR count). The predicted molar refractivity (Wildman–Crippen MR) is 148 cm³/mol. The summed E-state index contributed by atoms with van der Waals surface area (Å²) in [7, 11) is -2.45. The van der Waals surface area contributed by atoms with Crippen molar-refractivity contribution in [2.45, 2.75) is 43.4 Å². The molecule has 212 valence electrons. The fourth-order valence-corrected chi connectivity index (χ4v) is 7.21. The number of halogens is 2. The van der Waals surface area contributed by atoms with Gasteiger partial charge in [-0.05, 0) is 63.6 Å².